The second-order valence-corrected chi connectivity index (χ2v) is 7.04. The van der Waals surface area contributed by atoms with Crippen molar-refractivity contribution in [3.05, 3.63) is 72.1 Å². The van der Waals surface area contributed by atoms with E-state index >= 15 is 0 Å². The number of allylic oxidation sites excluding steroid dienone is 3. The molecule has 28 heavy (non-hydrogen) atoms. The second-order valence-electron chi connectivity index (χ2n) is 7.04. The van der Waals surface area contributed by atoms with E-state index < -0.39 is 0 Å². The van der Waals surface area contributed by atoms with E-state index in [0.717, 1.165) is 61.2 Å². The molecule has 0 aliphatic heterocycles. The van der Waals surface area contributed by atoms with Gasteiger partial charge in [0.25, 0.3) is 0 Å². The number of aromatic amines is 1. The minimum atomic E-state index is 0.864. The third-order valence-electron chi connectivity index (χ3n) is 5.14. The Bertz CT molecular complexity index is 1250. The molecule has 140 valence electrons. The second kappa shape index (κ2) is 6.93. The molecule has 3 heterocycles. The zero-order valence-corrected chi connectivity index (χ0v) is 16.6. The van der Waals surface area contributed by atoms with Gasteiger partial charge in [-0.2, -0.15) is 0 Å². The third-order valence-corrected chi connectivity index (χ3v) is 5.14. The Labute approximate surface area is 164 Å². The summed E-state index contributed by atoms with van der Waals surface area (Å²) in [5.74, 6) is 0. The van der Waals surface area contributed by atoms with Crippen molar-refractivity contribution in [2.24, 2.45) is 0 Å². The van der Waals surface area contributed by atoms with Gasteiger partial charge in [0.2, 0.25) is 0 Å². The van der Waals surface area contributed by atoms with Gasteiger partial charge in [0.1, 0.15) is 12.0 Å². The summed E-state index contributed by atoms with van der Waals surface area (Å²) in [5.41, 5.74) is 9.23. The van der Waals surface area contributed by atoms with Crippen LogP contribution in [0.4, 0.5) is 0 Å². The van der Waals surface area contributed by atoms with E-state index in [0.29, 0.717) is 0 Å². The highest BCUT2D eigenvalue weighted by Crippen LogP contribution is 2.33. The summed E-state index contributed by atoms with van der Waals surface area (Å²) >= 11 is 0. The first-order valence-corrected chi connectivity index (χ1v) is 9.23. The van der Waals surface area contributed by atoms with E-state index in [-0.39, 0.29) is 0 Å². The molecule has 0 saturated heterocycles. The van der Waals surface area contributed by atoms with E-state index in [9.17, 15) is 0 Å². The van der Waals surface area contributed by atoms with Crippen molar-refractivity contribution in [1.82, 2.24) is 25.3 Å². The molecule has 0 spiro atoms. The van der Waals surface area contributed by atoms with Crippen LogP contribution < -0.4 is 5.32 Å². The summed E-state index contributed by atoms with van der Waals surface area (Å²) in [6, 6.07) is 8.46. The Hall–Kier alpha value is -3.47. The summed E-state index contributed by atoms with van der Waals surface area (Å²) < 4.78 is 0. The minimum absolute atomic E-state index is 0.864. The average molecular weight is 369 g/mol. The van der Waals surface area contributed by atoms with Gasteiger partial charge in [0.05, 0.1) is 5.52 Å². The van der Waals surface area contributed by atoms with Gasteiger partial charge in [-0.25, -0.2) is 15.0 Å². The first kappa shape index (κ1) is 17.9. The van der Waals surface area contributed by atoms with Gasteiger partial charge in [0, 0.05) is 58.3 Å². The lowest BCUT2D eigenvalue weighted by atomic mass is 9.97. The van der Waals surface area contributed by atoms with Crippen molar-refractivity contribution < 1.29 is 0 Å². The maximum absolute atomic E-state index is 4.64. The van der Waals surface area contributed by atoms with E-state index in [1.807, 2.05) is 39.4 Å². The molecule has 0 bridgehead atoms. The number of nitrogens with zero attached hydrogens (tertiary/aromatic N) is 3. The van der Waals surface area contributed by atoms with Gasteiger partial charge in [-0.3, -0.25) is 0 Å². The number of rotatable bonds is 4. The topological polar surface area (TPSA) is 66.5 Å². The largest absolute Gasteiger partial charge is 0.391 e. The van der Waals surface area contributed by atoms with Crippen LogP contribution in [0.15, 0.2) is 60.8 Å². The molecule has 0 fully saturated rings. The summed E-state index contributed by atoms with van der Waals surface area (Å²) in [6.45, 7) is 10.2. The van der Waals surface area contributed by atoms with Gasteiger partial charge in [0.15, 0.2) is 0 Å². The number of aryl methyl sites for hydroxylation is 1. The molecule has 0 amide bonds. The molecule has 5 nitrogen and oxygen atoms in total. The smallest absolute Gasteiger partial charge is 0.137 e. The predicted octanol–water partition coefficient (Wildman–Crippen LogP) is 5.01. The lowest BCUT2D eigenvalue weighted by molar-refractivity contribution is 0.992. The molecule has 4 rings (SSSR count). The first-order chi connectivity index (χ1) is 13.5. The van der Waals surface area contributed by atoms with Gasteiger partial charge in [-0.05, 0) is 50.1 Å². The number of hydrogen-bond donors (Lipinski definition) is 2. The predicted molar refractivity (Wildman–Crippen MR) is 116 cm³/mol. The molecule has 0 atom stereocenters. The molecule has 0 radical (unpaired) electrons. The Morgan fingerprint density at radius 1 is 1.07 bits per heavy atom. The molecule has 2 N–H and O–H groups in total. The van der Waals surface area contributed by atoms with E-state index in [1.54, 1.807) is 6.33 Å². The maximum Gasteiger partial charge on any atom is 0.137 e. The molecule has 0 unspecified atom stereocenters. The summed E-state index contributed by atoms with van der Waals surface area (Å²) in [6.07, 6.45) is 5.51. The number of aromatic nitrogens is 4. The number of nitrogens with one attached hydrogen (secondary N) is 2. The molecule has 0 aliphatic carbocycles. The fourth-order valence-corrected chi connectivity index (χ4v) is 3.64. The van der Waals surface area contributed by atoms with Crippen molar-refractivity contribution in [2.45, 2.75) is 20.8 Å². The van der Waals surface area contributed by atoms with E-state index in [1.165, 1.54) is 0 Å². The van der Waals surface area contributed by atoms with Gasteiger partial charge < -0.3 is 10.3 Å². The summed E-state index contributed by atoms with van der Waals surface area (Å²) in [4.78, 5) is 16.6. The Morgan fingerprint density at radius 2 is 1.89 bits per heavy atom. The van der Waals surface area contributed by atoms with Crippen LogP contribution >= 0.6 is 0 Å². The normalized spacial score (nSPS) is 12.3. The standard InChI is InChI=1S/C23H23N5/c1-13(2)22(15(4)24-5)17-9-19-20(11-26-23(19)25-10-17)16-6-7-21-18(8-16)14(3)27-12-28-21/h6-12,24H,1H2,2-5H3,(H,25,26)/b22-15+. The Balaban J connectivity index is 1.92. The van der Waals surface area contributed by atoms with Crippen molar-refractivity contribution in [1.29, 1.82) is 0 Å². The van der Waals surface area contributed by atoms with Crippen molar-refractivity contribution >= 4 is 27.5 Å². The molecule has 3 aromatic heterocycles. The highest BCUT2D eigenvalue weighted by Gasteiger charge is 2.13. The van der Waals surface area contributed by atoms with Gasteiger partial charge >= 0.3 is 0 Å². The molecule has 1 aromatic carbocycles. The molecular formula is C23H23N5. The fourth-order valence-electron chi connectivity index (χ4n) is 3.64. The fraction of sp³-hybridized carbons (Fsp3) is 0.174. The number of pyridine rings is 1. The van der Waals surface area contributed by atoms with Crippen LogP contribution in [-0.4, -0.2) is 27.0 Å². The maximum atomic E-state index is 4.64. The highest BCUT2D eigenvalue weighted by molar-refractivity contribution is 5.98. The van der Waals surface area contributed by atoms with Crippen molar-refractivity contribution in [3.63, 3.8) is 0 Å². The van der Waals surface area contributed by atoms with Crippen molar-refractivity contribution in [2.75, 3.05) is 7.05 Å². The van der Waals surface area contributed by atoms with E-state index in [2.05, 4.69) is 57.0 Å². The molecule has 4 aromatic rings. The SMILES string of the molecule is C=C(C)/C(=C(/C)NC)c1cnc2[nH]cc(-c3ccc4ncnc(C)c4c3)c2c1. The number of benzene rings is 1. The van der Waals surface area contributed by atoms with Crippen molar-refractivity contribution in [3.8, 4) is 11.1 Å². The number of H-pyrrole nitrogens is 1. The minimum Gasteiger partial charge on any atom is -0.391 e. The Morgan fingerprint density at radius 3 is 2.64 bits per heavy atom. The van der Waals surface area contributed by atoms with Gasteiger partial charge in [-0.15, -0.1) is 0 Å². The zero-order chi connectivity index (χ0) is 19.8. The quantitative estimate of drug-likeness (QED) is 0.496. The molecule has 0 saturated carbocycles. The number of fused-ring (bicyclic) bond motifs is 2. The lowest BCUT2D eigenvalue weighted by Crippen LogP contribution is -2.06. The van der Waals surface area contributed by atoms with Crippen LogP contribution in [-0.2, 0) is 0 Å². The summed E-state index contributed by atoms with van der Waals surface area (Å²) in [5, 5.41) is 5.37. The van der Waals surface area contributed by atoms with Gasteiger partial charge in [-0.1, -0.05) is 12.6 Å². The van der Waals surface area contributed by atoms with Crippen LogP contribution in [0.1, 0.15) is 25.1 Å². The molecule has 0 aliphatic rings. The average Bonchev–Trinajstić information content (AvgIpc) is 3.11. The van der Waals surface area contributed by atoms with Crippen LogP contribution in [0, 0.1) is 6.92 Å². The monoisotopic (exact) mass is 369 g/mol. The lowest BCUT2D eigenvalue weighted by Gasteiger charge is -2.13. The van der Waals surface area contributed by atoms with Crippen LogP contribution in [0.3, 0.4) is 0 Å². The van der Waals surface area contributed by atoms with Crippen LogP contribution in [0.25, 0.3) is 38.6 Å². The zero-order valence-electron chi connectivity index (χ0n) is 16.6. The Kier molecular flexibility index (Phi) is 4.43. The summed E-state index contributed by atoms with van der Waals surface area (Å²) in [7, 11) is 1.92. The number of hydrogen-bond acceptors (Lipinski definition) is 4. The molecular weight excluding hydrogens is 346 g/mol. The van der Waals surface area contributed by atoms with Crippen LogP contribution in [0.5, 0.6) is 0 Å². The molecule has 5 heteroatoms. The first-order valence-electron chi connectivity index (χ1n) is 9.23. The highest BCUT2D eigenvalue weighted by atomic mass is 14.8. The third kappa shape index (κ3) is 2.95. The van der Waals surface area contributed by atoms with E-state index in [4.69, 9.17) is 0 Å². The van der Waals surface area contributed by atoms with Crippen LogP contribution in [0.2, 0.25) is 0 Å².